The molecule has 0 saturated carbocycles. The molecule has 6 rings (SSSR count). The second-order valence-corrected chi connectivity index (χ2v) is 11.8. The summed E-state index contributed by atoms with van der Waals surface area (Å²) in [6, 6.07) is 9.82. The molecular formula is C31H34N6O3S. The summed E-state index contributed by atoms with van der Waals surface area (Å²) >= 11 is 1.63. The summed E-state index contributed by atoms with van der Waals surface area (Å²) in [6.07, 6.45) is 8.74. The molecule has 4 aromatic rings. The van der Waals surface area contributed by atoms with Crippen LogP contribution in [-0.4, -0.2) is 68.6 Å². The Bertz CT molecular complexity index is 1590. The van der Waals surface area contributed by atoms with Gasteiger partial charge in [-0.1, -0.05) is 6.08 Å². The molecule has 1 atom stereocenters. The standard InChI is InChI=1S/C31H34N6O3S/c1-20-14-23(6-8-26(20)40-24-7-5-21(2)32-15-24)35-30-29-25-10-13-37(17-27(25)41-31(29)34-19-33-30)28(39)4-3-11-36-12-9-22(16-36)18-38/h3-8,14-15,19,22,38H,9-13,16-18H2,1-2H3,(H,33,34,35)/b4-3+/t22-/m1/s1. The van der Waals surface area contributed by atoms with E-state index in [4.69, 9.17) is 4.74 Å². The lowest BCUT2D eigenvalue weighted by molar-refractivity contribution is -0.126. The molecule has 0 aliphatic carbocycles. The number of hydrogen-bond acceptors (Lipinski definition) is 9. The molecule has 1 aromatic carbocycles. The van der Waals surface area contributed by atoms with Crippen molar-refractivity contribution in [2.75, 3.05) is 38.1 Å². The van der Waals surface area contributed by atoms with Crippen molar-refractivity contribution in [2.45, 2.75) is 33.2 Å². The maximum Gasteiger partial charge on any atom is 0.246 e. The van der Waals surface area contributed by atoms with Crippen LogP contribution in [0.5, 0.6) is 11.5 Å². The Morgan fingerprint density at radius 3 is 2.88 bits per heavy atom. The Morgan fingerprint density at radius 1 is 1.20 bits per heavy atom. The molecule has 3 aromatic heterocycles. The van der Waals surface area contributed by atoms with Crippen LogP contribution in [0.3, 0.4) is 0 Å². The number of hydrogen-bond donors (Lipinski definition) is 2. The van der Waals surface area contributed by atoms with Crippen LogP contribution in [0.1, 0.15) is 28.1 Å². The molecule has 0 bridgehead atoms. The number of pyridine rings is 1. The van der Waals surface area contributed by atoms with Crippen molar-refractivity contribution in [3.63, 3.8) is 0 Å². The number of nitrogens with one attached hydrogen (secondary N) is 1. The predicted octanol–water partition coefficient (Wildman–Crippen LogP) is 4.99. The van der Waals surface area contributed by atoms with Gasteiger partial charge in [0.15, 0.2) is 0 Å². The molecule has 0 radical (unpaired) electrons. The summed E-state index contributed by atoms with van der Waals surface area (Å²) in [5.41, 5.74) is 4.07. The first-order chi connectivity index (χ1) is 20.0. The van der Waals surface area contributed by atoms with Gasteiger partial charge in [-0.2, -0.15) is 0 Å². The predicted molar refractivity (Wildman–Crippen MR) is 161 cm³/mol. The van der Waals surface area contributed by atoms with Crippen LogP contribution in [0.15, 0.2) is 55.0 Å². The highest BCUT2D eigenvalue weighted by molar-refractivity contribution is 7.19. The van der Waals surface area contributed by atoms with Crippen molar-refractivity contribution in [1.82, 2.24) is 24.8 Å². The fourth-order valence-electron chi connectivity index (χ4n) is 5.47. The number of amides is 1. The fraction of sp³-hybridized carbons (Fsp3) is 0.355. The van der Waals surface area contributed by atoms with Crippen molar-refractivity contribution >= 4 is 39.0 Å². The zero-order valence-electron chi connectivity index (χ0n) is 23.3. The molecule has 41 heavy (non-hydrogen) atoms. The Hall–Kier alpha value is -3.86. The SMILES string of the molecule is Cc1ccc(Oc2ccc(Nc3ncnc4sc5c(c34)CCN(C(=O)/C=C/CN3CC[C@@H](CO)C3)C5)cc2C)cn1. The first kappa shape index (κ1) is 27.3. The zero-order chi connectivity index (χ0) is 28.3. The van der Waals surface area contributed by atoms with Crippen LogP contribution in [0.2, 0.25) is 0 Å². The summed E-state index contributed by atoms with van der Waals surface area (Å²) in [4.78, 5) is 32.7. The number of thiophene rings is 1. The van der Waals surface area contributed by atoms with Crippen molar-refractivity contribution in [1.29, 1.82) is 0 Å². The van der Waals surface area contributed by atoms with Gasteiger partial charge in [-0.05, 0) is 80.6 Å². The number of rotatable bonds is 8. The van der Waals surface area contributed by atoms with E-state index in [1.807, 2.05) is 55.2 Å². The first-order valence-corrected chi connectivity index (χ1v) is 14.8. The number of aliphatic hydroxyl groups is 1. The van der Waals surface area contributed by atoms with E-state index in [2.05, 4.69) is 25.2 Å². The minimum absolute atomic E-state index is 0.0367. The topological polar surface area (TPSA) is 104 Å². The summed E-state index contributed by atoms with van der Waals surface area (Å²) in [5.74, 6) is 2.64. The van der Waals surface area contributed by atoms with Crippen LogP contribution < -0.4 is 10.1 Å². The second kappa shape index (κ2) is 11.9. The van der Waals surface area contributed by atoms with Crippen molar-refractivity contribution in [2.24, 2.45) is 5.92 Å². The van der Waals surface area contributed by atoms with Gasteiger partial charge in [-0.15, -0.1) is 11.3 Å². The number of benzene rings is 1. The van der Waals surface area contributed by atoms with Crippen LogP contribution in [-0.2, 0) is 17.8 Å². The van der Waals surface area contributed by atoms with Crippen molar-refractivity contribution in [3.8, 4) is 11.5 Å². The van der Waals surface area contributed by atoms with E-state index < -0.39 is 0 Å². The number of ether oxygens (including phenoxy) is 1. The average Bonchev–Trinajstić information content (AvgIpc) is 3.60. The smallest absolute Gasteiger partial charge is 0.246 e. The van der Waals surface area contributed by atoms with Crippen molar-refractivity contribution < 1.29 is 14.6 Å². The summed E-state index contributed by atoms with van der Waals surface area (Å²) in [6.45, 7) is 8.04. The third-order valence-electron chi connectivity index (χ3n) is 7.75. The highest BCUT2D eigenvalue weighted by Crippen LogP contribution is 2.38. The molecule has 212 valence electrons. The monoisotopic (exact) mass is 570 g/mol. The number of anilines is 2. The van der Waals surface area contributed by atoms with Gasteiger partial charge in [0, 0.05) is 48.6 Å². The summed E-state index contributed by atoms with van der Waals surface area (Å²) in [7, 11) is 0. The van der Waals surface area contributed by atoms with Gasteiger partial charge in [-0.3, -0.25) is 14.7 Å². The van der Waals surface area contributed by atoms with E-state index in [-0.39, 0.29) is 12.5 Å². The lowest BCUT2D eigenvalue weighted by atomic mass is 10.0. The molecule has 0 spiro atoms. The minimum atomic E-state index is 0.0367. The van der Waals surface area contributed by atoms with Gasteiger partial charge in [0.05, 0.1) is 18.1 Å². The van der Waals surface area contributed by atoms with Gasteiger partial charge in [0.1, 0.15) is 28.5 Å². The highest BCUT2D eigenvalue weighted by Gasteiger charge is 2.26. The zero-order valence-corrected chi connectivity index (χ0v) is 24.2. The van der Waals surface area contributed by atoms with Crippen molar-refractivity contribution in [3.05, 3.63) is 76.7 Å². The molecule has 0 unspecified atom stereocenters. The molecule has 1 saturated heterocycles. The Balaban J connectivity index is 1.13. The minimum Gasteiger partial charge on any atom is -0.455 e. The average molecular weight is 571 g/mol. The van der Waals surface area contributed by atoms with Gasteiger partial charge < -0.3 is 20.1 Å². The van der Waals surface area contributed by atoms with Gasteiger partial charge in [0.2, 0.25) is 5.91 Å². The van der Waals surface area contributed by atoms with E-state index in [0.717, 1.165) is 76.1 Å². The number of aliphatic hydroxyl groups excluding tert-OH is 1. The van der Waals surface area contributed by atoms with E-state index in [1.54, 1.807) is 29.9 Å². The van der Waals surface area contributed by atoms with Crippen LogP contribution in [0.25, 0.3) is 10.2 Å². The summed E-state index contributed by atoms with van der Waals surface area (Å²) < 4.78 is 6.03. The molecule has 2 N–H and O–H groups in total. The highest BCUT2D eigenvalue weighted by atomic mass is 32.1. The maximum absolute atomic E-state index is 12.9. The third-order valence-corrected chi connectivity index (χ3v) is 8.88. The van der Waals surface area contributed by atoms with E-state index in [0.29, 0.717) is 24.8 Å². The molecule has 10 heteroatoms. The number of aromatic nitrogens is 3. The summed E-state index contributed by atoms with van der Waals surface area (Å²) in [5, 5.41) is 13.9. The van der Waals surface area contributed by atoms with Crippen LogP contribution in [0.4, 0.5) is 11.5 Å². The Morgan fingerprint density at radius 2 is 2.10 bits per heavy atom. The third kappa shape index (κ3) is 6.09. The Labute approximate surface area is 243 Å². The molecule has 1 fully saturated rings. The molecule has 5 heterocycles. The normalized spacial score (nSPS) is 17.3. The maximum atomic E-state index is 12.9. The van der Waals surface area contributed by atoms with Crippen LogP contribution in [0, 0.1) is 19.8 Å². The number of aryl methyl sites for hydroxylation is 2. The molecule has 9 nitrogen and oxygen atoms in total. The number of nitrogens with zero attached hydrogens (tertiary/aromatic N) is 5. The lowest BCUT2D eigenvalue weighted by Gasteiger charge is -2.26. The van der Waals surface area contributed by atoms with Gasteiger partial charge in [-0.25, -0.2) is 9.97 Å². The molecular weight excluding hydrogens is 536 g/mol. The number of carbonyl (C=O) groups excluding carboxylic acids is 1. The second-order valence-electron chi connectivity index (χ2n) is 10.8. The molecule has 2 aliphatic heterocycles. The van der Waals surface area contributed by atoms with Crippen LogP contribution >= 0.6 is 11.3 Å². The molecule has 2 aliphatic rings. The van der Waals surface area contributed by atoms with E-state index in [1.165, 1.54) is 5.56 Å². The molecule has 1 amide bonds. The van der Waals surface area contributed by atoms with Gasteiger partial charge >= 0.3 is 0 Å². The quantitative estimate of drug-likeness (QED) is 0.286. The fourth-order valence-corrected chi connectivity index (χ4v) is 6.67. The largest absolute Gasteiger partial charge is 0.455 e. The number of fused-ring (bicyclic) bond motifs is 3. The van der Waals surface area contributed by atoms with E-state index >= 15 is 0 Å². The Kier molecular flexibility index (Phi) is 7.95. The number of likely N-dealkylation sites (tertiary alicyclic amines) is 1. The lowest BCUT2D eigenvalue weighted by Crippen LogP contribution is -2.34. The number of carbonyl (C=O) groups is 1. The first-order valence-electron chi connectivity index (χ1n) is 14.0. The van der Waals surface area contributed by atoms with E-state index in [9.17, 15) is 9.90 Å². The van der Waals surface area contributed by atoms with Gasteiger partial charge in [0.25, 0.3) is 0 Å².